The number of amides is 1. The Morgan fingerprint density at radius 3 is 2.23 bits per heavy atom. The van der Waals surface area contributed by atoms with Gasteiger partial charge in [-0.2, -0.15) is 0 Å². The van der Waals surface area contributed by atoms with E-state index in [2.05, 4.69) is 15.1 Å². The molecule has 0 aromatic heterocycles. The fraction of sp³-hybridized carbons (Fsp3) is 0.458. The van der Waals surface area contributed by atoms with Crippen LogP contribution < -0.4 is 14.8 Å². The first-order valence-corrected chi connectivity index (χ1v) is 10.6. The average Bonchev–Trinajstić information content (AvgIpc) is 2.75. The number of anilines is 1. The quantitative estimate of drug-likeness (QED) is 0.642. The van der Waals surface area contributed by atoms with Crippen molar-refractivity contribution in [3.8, 4) is 11.5 Å². The van der Waals surface area contributed by atoms with E-state index >= 15 is 0 Å². The van der Waals surface area contributed by atoms with Crippen molar-refractivity contribution < 1.29 is 14.3 Å². The minimum atomic E-state index is 0.0612. The molecule has 6 heteroatoms. The van der Waals surface area contributed by atoms with Crippen LogP contribution in [0.2, 0.25) is 0 Å². The molecule has 0 aliphatic carbocycles. The van der Waals surface area contributed by atoms with Gasteiger partial charge in [0.2, 0.25) is 5.91 Å². The van der Waals surface area contributed by atoms with E-state index in [4.69, 9.17) is 9.47 Å². The highest BCUT2D eigenvalue weighted by molar-refractivity contribution is 5.93. The average molecular weight is 412 g/mol. The highest BCUT2D eigenvalue weighted by Gasteiger charge is 2.19. The zero-order valence-corrected chi connectivity index (χ0v) is 18.3. The zero-order valence-electron chi connectivity index (χ0n) is 18.3. The molecule has 2 aromatic rings. The lowest BCUT2D eigenvalue weighted by atomic mass is 10.1. The lowest BCUT2D eigenvalue weighted by Gasteiger charge is -2.34. The van der Waals surface area contributed by atoms with Crippen molar-refractivity contribution in [2.45, 2.75) is 20.3 Å². The van der Waals surface area contributed by atoms with Gasteiger partial charge in [0, 0.05) is 38.4 Å². The van der Waals surface area contributed by atoms with E-state index in [1.165, 1.54) is 0 Å². The number of carbonyl (C=O) groups excluding carboxylic acids is 1. The van der Waals surface area contributed by atoms with Crippen LogP contribution >= 0.6 is 0 Å². The number of hydrogen-bond donors (Lipinski definition) is 1. The van der Waals surface area contributed by atoms with Crippen molar-refractivity contribution in [2.75, 3.05) is 58.3 Å². The topological polar surface area (TPSA) is 54.0 Å². The van der Waals surface area contributed by atoms with Crippen molar-refractivity contribution >= 4 is 11.6 Å². The Hall–Kier alpha value is -2.57. The standard InChI is InChI=1S/C24H33N3O3/c1-19-8-6-9-20(2)24(19)25-23(28)18-27-15-13-26(14-16-27)12-7-17-30-22-11-5-4-10-21(22)29-3/h4-6,8-11H,7,12-18H2,1-3H3,(H,25,28). The third-order valence-corrected chi connectivity index (χ3v) is 5.52. The number of aryl methyl sites for hydroxylation is 2. The number of benzene rings is 2. The van der Waals surface area contributed by atoms with Crippen LogP contribution in [-0.4, -0.2) is 68.7 Å². The second-order valence-electron chi connectivity index (χ2n) is 7.79. The van der Waals surface area contributed by atoms with Crippen LogP contribution in [0, 0.1) is 13.8 Å². The van der Waals surface area contributed by atoms with Crippen LogP contribution in [0.3, 0.4) is 0 Å². The maximum atomic E-state index is 12.5. The lowest BCUT2D eigenvalue weighted by molar-refractivity contribution is -0.117. The van der Waals surface area contributed by atoms with Gasteiger partial charge in [-0.1, -0.05) is 30.3 Å². The number of ether oxygens (including phenoxy) is 2. The van der Waals surface area contributed by atoms with Crippen molar-refractivity contribution in [1.82, 2.24) is 9.80 Å². The molecular weight excluding hydrogens is 378 g/mol. The maximum Gasteiger partial charge on any atom is 0.238 e. The van der Waals surface area contributed by atoms with Crippen LogP contribution in [0.25, 0.3) is 0 Å². The SMILES string of the molecule is COc1ccccc1OCCCN1CCN(CC(=O)Nc2c(C)cccc2C)CC1. The molecule has 1 N–H and O–H groups in total. The highest BCUT2D eigenvalue weighted by Crippen LogP contribution is 2.25. The third-order valence-electron chi connectivity index (χ3n) is 5.52. The molecule has 1 heterocycles. The van der Waals surface area contributed by atoms with Crippen LogP contribution in [0.1, 0.15) is 17.5 Å². The molecule has 0 spiro atoms. The number of rotatable bonds is 9. The highest BCUT2D eigenvalue weighted by atomic mass is 16.5. The fourth-order valence-electron chi connectivity index (χ4n) is 3.77. The van der Waals surface area contributed by atoms with Gasteiger partial charge >= 0.3 is 0 Å². The summed E-state index contributed by atoms with van der Waals surface area (Å²) in [6.45, 7) is 9.94. The number of nitrogens with one attached hydrogen (secondary N) is 1. The molecule has 1 saturated heterocycles. The molecule has 0 atom stereocenters. The summed E-state index contributed by atoms with van der Waals surface area (Å²) in [7, 11) is 1.66. The number of hydrogen-bond acceptors (Lipinski definition) is 5. The van der Waals surface area contributed by atoms with Crippen LogP contribution in [-0.2, 0) is 4.79 Å². The van der Waals surface area contributed by atoms with Crippen LogP contribution in [0.4, 0.5) is 5.69 Å². The van der Waals surface area contributed by atoms with Gasteiger partial charge < -0.3 is 19.7 Å². The van der Waals surface area contributed by atoms with E-state index in [1.54, 1.807) is 7.11 Å². The molecule has 2 aromatic carbocycles. The second kappa shape index (κ2) is 11.0. The maximum absolute atomic E-state index is 12.5. The lowest BCUT2D eigenvalue weighted by Crippen LogP contribution is -2.48. The molecule has 1 amide bonds. The van der Waals surface area contributed by atoms with E-state index in [0.29, 0.717) is 13.2 Å². The van der Waals surface area contributed by atoms with Crippen LogP contribution in [0.15, 0.2) is 42.5 Å². The van der Waals surface area contributed by atoms with E-state index in [-0.39, 0.29) is 5.91 Å². The number of para-hydroxylation sites is 3. The number of methoxy groups -OCH3 is 1. The Labute approximate surface area is 179 Å². The summed E-state index contributed by atoms with van der Waals surface area (Å²) in [4.78, 5) is 17.1. The molecule has 0 saturated carbocycles. The van der Waals surface area contributed by atoms with Gasteiger partial charge in [0.1, 0.15) is 0 Å². The molecule has 30 heavy (non-hydrogen) atoms. The Balaban J connectivity index is 1.34. The van der Waals surface area contributed by atoms with Crippen molar-refractivity contribution in [2.24, 2.45) is 0 Å². The molecule has 6 nitrogen and oxygen atoms in total. The Morgan fingerprint density at radius 2 is 1.57 bits per heavy atom. The Morgan fingerprint density at radius 1 is 0.933 bits per heavy atom. The minimum absolute atomic E-state index is 0.0612. The van der Waals surface area contributed by atoms with Gasteiger partial charge in [0.25, 0.3) is 0 Å². The van der Waals surface area contributed by atoms with Gasteiger partial charge in [0.15, 0.2) is 11.5 Å². The normalized spacial score (nSPS) is 15.0. The molecule has 1 fully saturated rings. The number of nitrogens with zero attached hydrogens (tertiary/aromatic N) is 2. The van der Waals surface area contributed by atoms with Crippen molar-refractivity contribution in [3.63, 3.8) is 0 Å². The molecule has 1 aliphatic heterocycles. The zero-order chi connectivity index (χ0) is 21.3. The van der Waals surface area contributed by atoms with Gasteiger partial charge in [-0.05, 0) is 43.5 Å². The summed E-state index contributed by atoms with van der Waals surface area (Å²) in [5.41, 5.74) is 3.14. The van der Waals surface area contributed by atoms with Gasteiger partial charge in [0.05, 0.1) is 20.3 Å². The van der Waals surface area contributed by atoms with Gasteiger partial charge in [-0.25, -0.2) is 0 Å². The van der Waals surface area contributed by atoms with E-state index in [9.17, 15) is 4.79 Å². The second-order valence-corrected chi connectivity index (χ2v) is 7.79. The smallest absolute Gasteiger partial charge is 0.238 e. The largest absolute Gasteiger partial charge is 0.493 e. The Kier molecular flexibility index (Phi) is 8.11. The van der Waals surface area contributed by atoms with E-state index < -0.39 is 0 Å². The van der Waals surface area contributed by atoms with Crippen molar-refractivity contribution in [3.05, 3.63) is 53.6 Å². The first-order chi connectivity index (χ1) is 14.6. The first-order valence-electron chi connectivity index (χ1n) is 10.6. The summed E-state index contributed by atoms with van der Waals surface area (Å²) in [5.74, 6) is 1.62. The number of carbonyl (C=O) groups is 1. The minimum Gasteiger partial charge on any atom is -0.493 e. The predicted octanol–water partition coefficient (Wildman–Crippen LogP) is 3.34. The Bertz CT molecular complexity index is 812. The monoisotopic (exact) mass is 411 g/mol. The molecular formula is C24H33N3O3. The summed E-state index contributed by atoms with van der Waals surface area (Å²) in [5, 5.41) is 3.08. The summed E-state index contributed by atoms with van der Waals surface area (Å²) >= 11 is 0. The summed E-state index contributed by atoms with van der Waals surface area (Å²) in [6.07, 6.45) is 0.963. The predicted molar refractivity (Wildman–Crippen MR) is 121 cm³/mol. The number of piperazine rings is 1. The fourth-order valence-corrected chi connectivity index (χ4v) is 3.77. The molecule has 0 unspecified atom stereocenters. The molecule has 0 radical (unpaired) electrons. The summed E-state index contributed by atoms with van der Waals surface area (Å²) < 4.78 is 11.2. The first kappa shape index (κ1) is 22.1. The summed E-state index contributed by atoms with van der Waals surface area (Å²) in [6, 6.07) is 13.8. The van der Waals surface area contributed by atoms with Crippen LogP contribution in [0.5, 0.6) is 11.5 Å². The molecule has 0 bridgehead atoms. The van der Waals surface area contributed by atoms with Gasteiger partial charge in [-0.15, -0.1) is 0 Å². The van der Waals surface area contributed by atoms with Gasteiger partial charge in [-0.3, -0.25) is 9.69 Å². The van der Waals surface area contributed by atoms with E-state index in [1.807, 2.05) is 56.3 Å². The van der Waals surface area contributed by atoms with E-state index in [0.717, 1.165) is 67.5 Å². The third kappa shape index (κ3) is 6.21. The molecule has 3 rings (SSSR count). The van der Waals surface area contributed by atoms with Crippen molar-refractivity contribution in [1.29, 1.82) is 0 Å². The molecule has 162 valence electrons. The molecule has 1 aliphatic rings.